The van der Waals surface area contributed by atoms with Gasteiger partial charge in [0.05, 0.1) is 25.3 Å². The van der Waals surface area contributed by atoms with Gasteiger partial charge in [0.25, 0.3) is 0 Å². The molecule has 1 spiro atoms. The zero-order chi connectivity index (χ0) is 15.7. The molecule has 1 amide bonds. The first-order chi connectivity index (χ1) is 10.5. The van der Waals surface area contributed by atoms with Gasteiger partial charge in [-0.05, 0) is 19.9 Å². The smallest absolute Gasteiger partial charge is 0.237 e. The molecule has 1 fully saturated rings. The molecule has 2 aliphatic rings. The van der Waals surface area contributed by atoms with Gasteiger partial charge in [-0.3, -0.25) is 4.79 Å². The second kappa shape index (κ2) is 5.89. The lowest BCUT2D eigenvalue weighted by Crippen LogP contribution is -2.50. The molecule has 0 unspecified atom stereocenters. The summed E-state index contributed by atoms with van der Waals surface area (Å²) in [6.45, 7) is 5.16. The van der Waals surface area contributed by atoms with Crippen molar-refractivity contribution in [1.29, 1.82) is 0 Å². The van der Waals surface area contributed by atoms with Gasteiger partial charge in [0.15, 0.2) is 0 Å². The number of nitrogens with one attached hydrogen (secondary N) is 1. The number of amides is 1. The van der Waals surface area contributed by atoms with Gasteiger partial charge in [-0.15, -0.1) is 0 Å². The predicted octanol–water partition coefficient (Wildman–Crippen LogP) is 1.83. The van der Waals surface area contributed by atoms with E-state index in [-0.39, 0.29) is 17.6 Å². The number of nitrogens with two attached hydrogens (primary N) is 1. The fourth-order valence-corrected chi connectivity index (χ4v) is 3.27. The van der Waals surface area contributed by atoms with E-state index in [4.69, 9.17) is 15.2 Å². The fraction of sp³-hybridized carbons (Fsp3) is 0.588. The Morgan fingerprint density at radius 1 is 1.41 bits per heavy atom. The molecule has 3 N–H and O–H groups in total. The summed E-state index contributed by atoms with van der Waals surface area (Å²) in [6.07, 6.45) is 2.47. The van der Waals surface area contributed by atoms with Crippen molar-refractivity contribution in [1.82, 2.24) is 5.32 Å². The van der Waals surface area contributed by atoms with E-state index in [0.29, 0.717) is 13.2 Å². The van der Waals surface area contributed by atoms with Crippen LogP contribution >= 0.6 is 0 Å². The van der Waals surface area contributed by atoms with Crippen molar-refractivity contribution in [3.63, 3.8) is 0 Å². The average molecular weight is 304 g/mol. The van der Waals surface area contributed by atoms with Crippen molar-refractivity contribution >= 4 is 5.91 Å². The Bertz CT molecular complexity index is 565. The first-order valence-corrected chi connectivity index (χ1v) is 7.92. The topological polar surface area (TPSA) is 73.6 Å². The lowest BCUT2D eigenvalue weighted by atomic mass is 9.81. The number of rotatable bonds is 2. The number of fused-ring (bicyclic) bond motifs is 1. The number of benzene rings is 1. The minimum Gasteiger partial charge on any atom is -0.487 e. The lowest BCUT2D eigenvalue weighted by Gasteiger charge is -2.44. The third kappa shape index (κ3) is 2.96. The Morgan fingerprint density at radius 2 is 2.14 bits per heavy atom. The van der Waals surface area contributed by atoms with Crippen molar-refractivity contribution in [2.45, 2.75) is 50.8 Å². The molecule has 3 rings (SSSR count). The average Bonchev–Trinajstić information content (AvgIpc) is 2.49. The molecular formula is C17H24N2O3. The molecule has 2 atom stereocenters. The largest absolute Gasteiger partial charge is 0.487 e. The zero-order valence-electron chi connectivity index (χ0n) is 13.2. The van der Waals surface area contributed by atoms with Gasteiger partial charge in [0, 0.05) is 24.8 Å². The number of carbonyl (C=O) groups excluding carboxylic acids is 1. The normalized spacial score (nSPS) is 24.2. The molecule has 0 aliphatic carbocycles. The molecule has 0 saturated carbocycles. The summed E-state index contributed by atoms with van der Waals surface area (Å²) in [4.78, 5) is 12.1. The SMILES string of the molecule is Cc1ccc2c(c1)[C@H](NC(=O)[C@@H](C)N)CC1(CCOCC1)O2. The highest BCUT2D eigenvalue weighted by Crippen LogP contribution is 2.44. The Morgan fingerprint density at radius 3 is 2.82 bits per heavy atom. The van der Waals surface area contributed by atoms with Crippen molar-refractivity contribution < 1.29 is 14.3 Å². The number of hydrogen-bond donors (Lipinski definition) is 2. The van der Waals surface area contributed by atoms with Crippen LogP contribution in [0.2, 0.25) is 0 Å². The third-order valence-electron chi connectivity index (χ3n) is 4.58. The van der Waals surface area contributed by atoms with E-state index in [1.54, 1.807) is 6.92 Å². The molecule has 2 aliphatic heterocycles. The van der Waals surface area contributed by atoms with Crippen LogP contribution in [0.5, 0.6) is 5.75 Å². The quantitative estimate of drug-likeness (QED) is 0.874. The van der Waals surface area contributed by atoms with Gasteiger partial charge >= 0.3 is 0 Å². The van der Waals surface area contributed by atoms with E-state index in [0.717, 1.165) is 36.1 Å². The van der Waals surface area contributed by atoms with E-state index in [9.17, 15) is 4.79 Å². The lowest BCUT2D eigenvalue weighted by molar-refractivity contribution is -0.124. The van der Waals surface area contributed by atoms with Gasteiger partial charge in [-0.25, -0.2) is 0 Å². The van der Waals surface area contributed by atoms with Gasteiger partial charge in [-0.1, -0.05) is 17.7 Å². The molecule has 120 valence electrons. The minimum atomic E-state index is -0.512. The molecule has 0 aromatic heterocycles. The van der Waals surface area contributed by atoms with Crippen molar-refractivity contribution in [2.24, 2.45) is 5.73 Å². The Kier molecular flexibility index (Phi) is 4.10. The zero-order valence-corrected chi connectivity index (χ0v) is 13.2. The van der Waals surface area contributed by atoms with Crippen LogP contribution in [0.3, 0.4) is 0 Å². The summed E-state index contributed by atoms with van der Waals surface area (Å²) in [6, 6.07) is 5.57. The fourth-order valence-electron chi connectivity index (χ4n) is 3.27. The molecule has 0 radical (unpaired) electrons. The van der Waals surface area contributed by atoms with Crippen LogP contribution in [0, 0.1) is 6.92 Å². The van der Waals surface area contributed by atoms with Crippen LogP contribution in [0.4, 0.5) is 0 Å². The van der Waals surface area contributed by atoms with Crippen LogP contribution in [0.15, 0.2) is 18.2 Å². The maximum absolute atomic E-state index is 12.1. The first-order valence-electron chi connectivity index (χ1n) is 7.92. The molecule has 22 heavy (non-hydrogen) atoms. The van der Waals surface area contributed by atoms with Crippen molar-refractivity contribution in [2.75, 3.05) is 13.2 Å². The van der Waals surface area contributed by atoms with Crippen LogP contribution in [0.1, 0.15) is 43.4 Å². The predicted molar refractivity (Wildman–Crippen MR) is 83.7 cm³/mol. The van der Waals surface area contributed by atoms with E-state index in [1.165, 1.54) is 0 Å². The standard InChI is InChI=1S/C17H24N2O3/c1-11-3-4-15-13(9-11)14(19-16(20)12(2)18)10-17(22-15)5-7-21-8-6-17/h3-4,9,12,14H,5-8,10,18H2,1-2H3,(H,19,20)/t12-,14-/m1/s1. The van der Waals surface area contributed by atoms with Crippen LogP contribution < -0.4 is 15.8 Å². The van der Waals surface area contributed by atoms with Gasteiger partial charge in [0.2, 0.25) is 5.91 Å². The highest BCUT2D eigenvalue weighted by atomic mass is 16.5. The Balaban J connectivity index is 1.92. The molecule has 1 saturated heterocycles. The van der Waals surface area contributed by atoms with Crippen molar-refractivity contribution in [3.05, 3.63) is 29.3 Å². The molecule has 5 heteroatoms. The van der Waals surface area contributed by atoms with E-state index in [2.05, 4.69) is 11.4 Å². The minimum absolute atomic E-state index is 0.0553. The van der Waals surface area contributed by atoms with E-state index < -0.39 is 6.04 Å². The highest BCUT2D eigenvalue weighted by molar-refractivity contribution is 5.81. The summed E-state index contributed by atoms with van der Waals surface area (Å²) >= 11 is 0. The molecule has 1 aromatic rings. The monoisotopic (exact) mass is 304 g/mol. The number of aryl methyl sites for hydroxylation is 1. The molecule has 2 heterocycles. The van der Waals surface area contributed by atoms with Gasteiger partial charge in [-0.2, -0.15) is 0 Å². The molecule has 1 aromatic carbocycles. The summed E-state index contributed by atoms with van der Waals surface area (Å²) < 4.78 is 11.8. The number of hydrogen-bond acceptors (Lipinski definition) is 4. The summed E-state index contributed by atoms with van der Waals surface area (Å²) in [5.74, 6) is 0.746. The maximum Gasteiger partial charge on any atom is 0.237 e. The highest BCUT2D eigenvalue weighted by Gasteiger charge is 2.42. The second-order valence-electron chi connectivity index (χ2n) is 6.49. The Hall–Kier alpha value is -1.59. The summed E-state index contributed by atoms with van der Waals surface area (Å²) in [5.41, 5.74) is 7.67. The van der Waals surface area contributed by atoms with Gasteiger partial charge < -0.3 is 20.5 Å². The van der Waals surface area contributed by atoms with Crippen molar-refractivity contribution in [3.8, 4) is 5.75 Å². The molecule has 0 bridgehead atoms. The molecular weight excluding hydrogens is 280 g/mol. The van der Waals surface area contributed by atoms with E-state index >= 15 is 0 Å². The van der Waals surface area contributed by atoms with Gasteiger partial charge in [0.1, 0.15) is 11.4 Å². The third-order valence-corrected chi connectivity index (χ3v) is 4.58. The van der Waals surface area contributed by atoms with E-state index in [1.807, 2.05) is 19.1 Å². The second-order valence-corrected chi connectivity index (χ2v) is 6.49. The first kappa shape index (κ1) is 15.3. The number of ether oxygens (including phenoxy) is 2. The van der Waals surface area contributed by atoms with Crippen LogP contribution in [-0.4, -0.2) is 30.8 Å². The maximum atomic E-state index is 12.1. The Labute approximate surface area is 131 Å². The van der Waals surface area contributed by atoms with Crippen LogP contribution in [0.25, 0.3) is 0 Å². The van der Waals surface area contributed by atoms with Crippen LogP contribution in [-0.2, 0) is 9.53 Å². The summed E-state index contributed by atoms with van der Waals surface area (Å²) in [7, 11) is 0. The molecule has 5 nitrogen and oxygen atoms in total. The summed E-state index contributed by atoms with van der Waals surface area (Å²) in [5, 5.41) is 3.09. The number of carbonyl (C=O) groups is 1.